The van der Waals surface area contributed by atoms with Crippen molar-refractivity contribution >= 4 is 21.8 Å². The third kappa shape index (κ3) is 3.24. The van der Waals surface area contributed by atoms with E-state index >= 15 is 0 Å². The fourth-order valence-electron chi connectivity index (χ4n) is 1.97. The van der Waals surface area contributed by atoms with Crippen LogP contribution in [0.5, 0.6) is 0 Å². The largest absolute Gasteiger partial charge is 0.241 e. The van der Waals surface area contributed by atoms with Crippen LogP contribution < -0.4 is 4.72 Å². The molecule has 0 saturated carbocycles. The van der Waals surface area contributed by atoms with Crippen LogP contribution in [-0.2, 0) is 10.0 Å². The molecule has 1 unspecified atom stereocenters. The Labute approximate surface area is 107 Å². The molecule has 1 saturated heterocycles. The van der Waals surface area contributed by atoms with Crippen molar-refractivity contribution in [1.29, 1.82) is 0 Å². The minimum absolute atomic E-state index is 0.0818. The highest BCUT2D eigenvalue weighted by atomic mass is 32.2. The first-order valence-corrected chi connectivity index (χ1v) is 8.39. The molecule has 2 rings (SSSR count). The zero-order valence-corrected chi connectivity index (χ0v) is 11.5. The molecule has 17 heavy (non-hydrogen) atoms. The van der Waals surface area contributed by atoms with Crippen molar-refractivity contribution in [3.8, 4) is 0 Å². The summed E-state index contributed by atoms with van der Waals surface area (Å²) in [4.78, 5) is 0.399. The molecule has 3 nitrogen and oxygen atoms in total. The van der Waals surface area contributed by atoms with Crippen LogP contribution in [0.1, 0.15) is 18.4 Å². The lowest BCUT2D eigenvalue weighted by atomic mass is 10.2. The van der Waals surface area contributed by atoms with E-state index in [4.69, 9.17) is 0 Å². The SMILES string of the molecule is Cc1ccccc1S(=O)(=O)NC1CCCSC1. The van der Waals surface area contributed by atoms with Crippen LogP contribution in [-0.4, -0.2) is 26.0 Å². The highest BCUT2D eigenvalue weighted by Gasteiger charge is 2.22. The number of benzene rings is 1. The average Bonchev–Trinajstić information content (AvgIpc) is 2.30. The minimum Gasteiger partial charge on any atom is -0.207 e. The minimum atomic E-state index is -3.35. The van der Waals surface area contributed by atoms with Crippen LogP contribution in [0.3, 0.4) is 0 Å². The molecule has 1 aliphatic rings. The second-order valence-corrected chi connectivity index (χ2v) is 7.13. The van der Waals surface area contributed by atoms with Gasteiger partial charge in [-0.1, -0.05) is 18.2 Å². The summed E-state index contributed by atoms with van der Waals surface area (Å²) in [7, 11) is -3.35. The molecule has 0 aromatic heterocycles. The van der Waals surface area contributed by atoms with Gasteiger partial charge in [0.1, 0.15) is 0 Å². The summed E-state index contributed by atoms with van der Waals surface area (Å²) in [5.41, 5.74) is 0.795. The Morgan fingerprint density at radius 2 is 2.12 bits per heavy atom. The van der Waals surface area contributed by atoms with Crippen molar-refractivity contribution in [1.82, 2.24) is 4.72 Å². The lowest BCUT2D eigenvalue weighted by Gasteiger charge is -2.22. The molecule has 1 atom stereocenters. The first-order chi connectivity index (χ1) is 8.09. The highest BCUT2D eigenvalue weighted by Crippen LogP contribution is 2.20. The molecular weight excluding hydrogens is 254 g/mol. The molecule has 0 radical (unpaired) electrons. The topological polar surface area (TPSA) is 46.2 Å². The number of hydrogen-bond acceptors (Lipinski definition) is 3. The first-order valence-electron chi connectivity index (χ1n) is 5.75. The van der Waals surface area contributed by atoms with Crippen LogP contribution in [0.25, 0.3) is 0 Å². The van der Waals surface area contributed by atoms with Gasteiger partial charge in [0.15, 0.2) is 0 Å². The monoisotopic (exact) mass is 271 g/mol. The van der Waals surface area contributed by atoms with Crippen LogP contribution >= 0.6 is 11.8 Å². The molecule has 1 aromatic rings. The maximum Gasteiger partial charge on any atom is 0.241 e. The predicted octanol–water partition coefficient (Wildman–Crippen LogP) is 2.17. The van der Waals surface area contributed by atoms with Gasteiger partial charge in [-0.2, -0.15) is 11.8 Å². The number of aryl methyl sites for hydroxylation is 1. The molecule has 0 spiro atoms. The normalized spacial score (nSPS) is 21.4. The molecular formula is C12H17NO2S2. The van der Waals surface area contributed by atoms with Crippen molar-refractivity contribution in [2.75, 3.05) is 11.5 Å². The van der Waals surface area contributed by atoms with Crippen LogP contribution in [0.4, 0.5) is 0 Å². The van der Waals surface area contributed by atoms with Crippen molar-refractivity contribution < 1.29 is 8.42 Å². The van der Waals surface area contributed by atoms with Gasteiger partial charge in [0.05, 0.1) is 4.90 Å². The summed E-state index contributed by atoms with van der Waals surface area (Å²) in [6.07, 6.45) is 2.03. The van der Waals surface area contributed by atoms with E-state index in [1.165, 1.54) is 0 Å². The zero-order valence-electron chi connectivity index (χ0n) is 9.85. The van der Waals surface area contributed by atoms with Gasteiger partial charge in [-0.05, 0) is 37.1 Å². The number of rotatable bonds is 3. The molecule has 5 heteroatoms. The van der Waals surface area contributed by atoms with E-state index in [9.17, 15) is 8.42 Å². The third-order valence-electron chi connectivity index (χ3n) is 2.87. The quantitative estimate of drug-likeness (QED) is 0.916. The van der Waals surface area contributed by atoms with E-state index in [1.54, 1.807) is 12.1 Å². The maximum absolute atomic E-state index is 12.2. The van der Waals surface area contributed by atoms with Crippen molar-refractivity contribution in [2.45, 2.75) is 30.7 Å². The third-order valence-corrected chi connectivity index (χ3v) is 5.76. The smallest absolute Gasteiger partial charge is 0.207 e. The molecule has 1 aromatic carbocycles. The predicted molar refractivity (Wildman–Crippen MR) is 71.8 cm³/mol. The second-order valence-electron chi connectivity index (χ2n) is 4.30. The molecule has 94 valence electrons. The Morgan fingerprint density at radius 3 is 2.76 bits per heavy atom. The van der Waals surface area contributed by atoms with Gasteiger partial charge >= 0.3 is 0 Å². The van der Waals surface area contributed by atoms with Crippen molar-refractivity contribution in [2.24, 2.45) is 0 Å². The summed E-state index contributed by atoms with van der Waals surface area (Å²) in [5.74, 6) is 2.02. The summed E-state index contributed by atoms with van der Waals surface area (Å²) in [6, 6.07) is 7.18. The number of nitrogens with one attached hydrogen (secondary N) is 1. The first kappa shape index (κ1) is 12.9. The number of sulfonamides is 1. The summed E-state index contributed by atoms with van der Waals surface area (Å²) < 4.78 is 27.2. The molecule has 1 aliphatic heterocycles. The summed E-state index contributed by atoms with van der Waals surface area (Å²) >= 11 is 1.82. The standard InChI is InChI=1S/C12H17NO2S2/c1-10-5-2-3-7-12(10)17(14,15)13-11-6-4-8-16-9-11/h2-3,5,7,11,13H,4,6,8-9H2,1H3. The molecule has 1 heterocycles. The summed E-state index contributed by atoms with van der Waals surface area (Å²) in [6.45, 7) is 1.82. The van der Waals surface area contributed by atoms with Crippen LogP contribution in [0, 0.1) is 6.92 Å². The second kappa shape index (κ2) is 5.42. The van der Waals surface area contributed by atoms with Gasteiger partial charge < -0.3 is 0 Å². The van der Waals surface area contributed by atoms with Gasteiger partial charge in [0.2, 0.25) is 10.0 Å². The van der Waals surface area contributed by atoms with Gasteiger partial charge in [0, 0.05) is 11.8 Å². The summed E-state index contributed by atoms with van der Waals surface area (Å²) in [5, 5.41) is 0. The highest BCUT2D eigenvalue weighted by molar-refractivity contribution is 7.99. The van der Waals surface area contributed by atoms with Gasteiger partial charge in [0.25, 0.3) is 0 Å². The lowest BCUT2D eigenvalue weighted by Crippen LogP contribution is -2.38. The Hall–Kier alpha value is -0.520. The van der Waals surface area contributed by atoms with E-state index in [0.29, 0.717) is 4.90 Å². The van der Waals surface area contributed by atoms with E-state index < -0.39 is 10.0 Å². The lowest BCUT2D eigenvalue weighted by molar-refractivity contribution is 0.542. The van der Waals surface area contributed by atoms with Crippen molar-refractivity contribution in [3.63, 3.8) is 0 Å². The molecule has 1 N–H and O–H groups in total. The van der Waals surface area contributed by atoms with E-state index in [-0.39, 0.29) is 6.04 Å². The Bertz CT molecular complexity index is 479. The molecule has 0 aliphatic carbocycles. The molecule has 0 bridgehead atoms. The van der Waals surface area contributed by atoms with E-state index in [1.807, 2.05) is 30.8 Å². The average molecular weight is 271 g/mol. The number of hydrogen-bond donors (Lipinski definition) is 1. The zero-order chi connectivity index (χ0) is 12.3. The fraction of sp³-hybridized carbons (Fsp3) is 0.500. The Kier molecular flexibility index (Phi) is 4.12. The van der Waals surface area contributed by atoms with Gasteiger partial charge in [-0.3, -0.25) is 0 Å². The van der Waals surface area contributed by atoms with E-state index in [2.05, 4.69) is 4.72 Å². The van der Waals surface area contributed by atoms with Crippen molar-refractivity contribution in [3.05, 3.63) is 29.8 Å². The fourth-order valence-corrected chi connectivity index (χ4v) is 4.67. The van der Waals surface area contributed by atoms with Gasteiger partial charge in [-0.15, -0.1) is 0 Å². The Balaban J connectivity index is 2.16. The van der Waals surface area contributed by atoms with Gasteiger partial charge in [-0.25, -0.2) is 13.1 Å². The molecule has 0 amide bonds. The van der Waals surface area contributed by atoms with Crippen LogP contribution in [0.2, 0.25) is 0 Å². The Morgan fingerprint density at radius 1 is 1.35 bits per heavy atom. The van der Waals surface area contributed by atoms with Crippen LogP contribution in [0.15, 0.2) is 29.2 Å². The van der Waals surface area contributed by atoms with E-state index in [0.717, 1.165) is 29.9 Å². The maximum atomic E-state index is 12.2. The number of thioether (sulfide) groups is 1. The molecule has 1 fully saturated rings.